The lowest BCUT2D eigenvalue weighted by molar-refractivity contribution is -0.120. The van der Waals surface area contributed by atoms with E-state index in [1.807, 2.05) is 48.5 Å². The van der Waals surface area contributed by atoms with E-state index in [0.29, 0.717) is 18.7 Å². The van der Waals surface area contributed by atoms with E-state index in [1.54, 1.807) is 11.3 Å². The monoisotopic (exact) mass is 415 g/mol. The SMILES string of the molecule is CS(=O)(=O)N1CCCC[C@@H]1C(=O)Nc1ccccc1-c1nc2ccccc2s1. The van der Waals surface area contributed by atoms with Crippen molar-refractivity contribution in [2.75, 3.05) is 18.1 Å². The minimum absolute atomic E-state index is 0.293. The lowest BCUT2D eigenvalue weighted by Crippen LogP contribution is -2.49. The van der Waals surface area contributed by atoms with Crippen molar-refractivity contribution in [2.24, 2.45) is 0 Å². The van der Waals surface area contributed by atoms with Gasteiger partial charge in [-0.1, -0.05) is 30.7 Å². The molecule has 0 unspecified atom stereocenters. The van der Waals surface area contributed by atoms with E-state index < -0.39 is 16.1 Å². The fourth-order valence-corrected chi connectivity index (χ4v) is 5.68. The molecule has 1 aliphatic heterocycles. The Morgan fingerprint density at radius 1 is 1.14 bits per heavy atom. The summed E-state index contributed by atoms with van der Waals surface area (Å²) in [5.41, 5.74) is 2.39. The third-order valence-corrected chi connectivity index (χ3v) is 7.25. The molecular formula is C20H21N3O3S2. The Kier molecular flexibility index (Phi) is 5.18. The highest BCUT2D eigenvalue weighted by molar-refractivity contribution is 7.88. The highest BCUT2D eigenvalue weighted by atomic mass is 32.2. The topological polar surface area (TPSA) is 79.4 Å². The molecule has 1 fully saturated rings. The molecule has 0 spiro atoms. The molecule has 1 aromatic heterocycles. The molecule has 4 rings (SSSR count). The Morgan fingerprint density at radius 3 is 2.68 bits per heavy atom. The van der Waals surface area contributed by atoms with Crippen molar-refractivity contribution in [3.63, 3.8) is 0 Å². The highest BCUT2D eigenvalue weighted by Gasteiger charge is 2.34. The summed E-state index contributed by atoms with van der Waals surface area (Å²) in [7, 11) is -3.43. The van der Waals surface area contributed by atoms with Gasteiger partial charge in [0, 0.05) is 12.1 Å². The zero-order chi connectivity index (χ0) is 19.7. The number of thiazole rings is 1. The number of fused-ring (bicyclic) bond motifs is 1. The quantitative estimate of drug-likeness (QED) is 0.704. The predicted octanol–water partition coefficient (Wildman–Crippen LogP) is 3.72. The molecular weight excluding hydrogens is 394 g/mol. The van der Waals surface area contributed by atoms with Crippen LogP contribution in [0.3, 0.4) is 0 Å². The van der Waals surface area contributed by atoms with Crippen LogP contribution in [0.25, 0.3) is 20.8 Å². The number of hydrogen-bond acceptors (Lipinski definition) is 5. The lowest BCUT2D eigenvalue weighted by atomic mass is 10.0. The minimum Gasteiger partial charge on any atom is -0.324 e. The zero-order valence-electron chi connectivity index (χ0n) is 15.5. The first-order valence-electron chi connectivity index (χ1n) is 9.16. The number of carbonyl (C=O) groups is 1. The smallest absolute Gasteiger partial charge is 0.242 e. The number of nitrogens with one attached hydrogen (secondary N) is 1. The van der Waals surface area contributed by atoms with Crippen LogP contribution in [0.4, 0.5) is 5.69 Å². The lowest BCUT2D eigenvalue weighted by Gasteiger charge is -2.32. The van der Waals surface area contributed by atoms with E-state index in [0.717, 1.165) is 39.9 Å². The Hall–Kier alpha value is -2.29. The number of amides is 1. The molecule has 1 saturated heterocycles. The van der Waals surface area contributed by atoms with Crippen LogP contribution in [0.1, 0.15) is 19.3 Å². The molecule has 146 valence electrons. The summed E-state index contributed by atoms with van der Waals surface area (Å²) in [6, 6.07) is 14.7. The maximum absolute atomic E-state index is 12.9. The average molecular weight is 416 g/mol. The van der Waals surface area contributed by atoms with Gasteiger partial charge in [-0.3, -0.25) is 4.79 Å². The standard InChI is InChI=1S/C20H21N3O3S2/c1-28(25,26)23-13-7-6-11-17(23)19(24)21-15-9-3-2-8-14(15)20-22-16-10-4-5-12-18(16)27-20/h2-5,8-10,12,17H,6-7,11,13H2,1H3,(H,21,24)/t17-/m1/s1. The molecule has 0 bridgehead atoms. The Balaban J connectivity index is 1.64. The second-order valence-electron chi connectivity index (χ2n) is 6.91. The Morgan fingerprint density at radius 2 is 1.89 bits per heavy atom. The molecule has 0 aliphatic carbocycles. The van der Waals surface area contributed by atoms with E-state index in [4.69, 9.17) is 0 Å². The molecule has 1 atom stereocenters. The molecule has 0 radical (unpaired) electrons. The van der Waals surface area contributed by atoms with E-state index in [-0.39, 0.29) is 5.91 Å². The maximum Gasteiger partial charge on any atom is 0.242 e. The van der Waals surface area contributed by atoms with Gasteiger partial charge in [-0.15, -0.1) is 11.3 Å². The summed E-state index contributed by atoms with van der Waals surface area (Å²) < 4.78 is 26.5. The Bertz CT molecular complexity index is 1090. The van der Waals surface area contributed by atoms with Crippen LogP contribution in [0.5, 0.6) is 0 Å². The largest absolute Gasteiger partial charge is 0.324 e. The van der Waals surface area contributed by atoms with Gasteiger partial charge in [0.25, 0.3) is 0 Å². The zero-order valence-corrected chi connectivity index (χ0v) is 17.1. The van der Waals surface area contributed by atoms with E-state index in [2.05, 4.69) is 10.3 Å². The fraction of sp³-hybridized carbons (Fsp3) is 0.300. The van der Waals surface area contributed by atoms with Crippen molar-refractivity contribution in [1.29, 1.82) is 0 Å². The third-order valence-electron chi connectivity index (χ3n) is 4.89. The molecule has 6 nitrogen and oxygen atoms in total. The maximum atomic E-state index is 12.9. The van der Waals surface area contributed by atoms with Gasteiger partial charge in [-0.2, -0.15) is 4.31 Å². The summed E-state index contributed by atoms with van der Waals surface area (Å²) in [4.78, 5) is 17.6. The summed E-state index contributed by atoms with van der Waals surface area (Å²) in [6.45, 7) is 0.385. The normalized spacial score (nSPS) is 18.2. The summed E-state index contributed by atoms with van der Waals surface area (Å²) in [6.07, 6.45) is 3.30. The van der Waals surface area contributed by atoms with Crippen molar-refractivity contribution in [3.8, 4) is 10.6 Å². The minimum atomic E-state index is -3.43. The number of carbonyl (C=O) groups excluding carboxylic acids is 1. The van der Waals surface area contributed by atoms with E-state index in [1.165, 1.54) is 4.31 Å². The van der Waals surface area contributed by atoms with Crippen LogP contribution in [0, 0.1) is 0 Å². The van der Waals surface area contributed by atoms with Crippen LogP contribution in [0.2, 0.25) is 0 Å². The second-order valence-corrected chi connectivity index (χ2v) is 9.87. The molecule has 28 heavy (non-hydrogen) atoms. The van der Waals surface area contributed by atoms with Crippen LogP contribution in [0.15, 0.2) is 48.5 Å². The van der Waals surface area contributed by atoms with Crippen molar-refractivity contribution in [3.05, 3.63) is 48.5 Å². The van der Waals surface area contributed by atoms with Crippen LogP contribution in [-0.2, 0) is 14.8 Å². The molecule has 8 heteroatoms. The first-order chi connectivity index (χ1) is 13.4. The van der Waals surface area contributed by atoms with Crippen LogP contribution >= 0.6 is 11.3 Å². The average Bonchev–Trinajstić information content (AvgIpc) is 3.12. The number of sulfonamides is 1. The van der Waals surface area contributed by atoms with Gasteiger partial charge in [0.05, 0.1) is 22.2 Å². The van der Waals surface area contributed by atoms with Crippen molar-refractivity contribution in [2.45, 2.75) is 25.3 Å². The number of benzene rings is 2. The number of nitrogens with zero attached hydrogens (tertiary/aromatic N) is 2. The number of anilines is 1. The number of hydrogen-bond donors (Lipinski definition) is 1. The van der Waals surface area contributed by atoms with Crippen LogP contribution in [-0.4, -0.2) is 42.5 Å². The third kappa shape index (κ3) is 3.80. The molecule has 1 amide bonds. The second kappa shape index (κ2) is 7.62. The van der Waals surface area contributed by atoms with Gasteiger partial charge in [0.15, 0.2) is 0 Å². The van der Waals surface area contributed by atoms with E-state index >= 15 is 0 Å². The first kappa shape index (κ1) is 19.0. The summed E-state index contributed by atoms with van der Waals surface area (Å²) in [5.74, 6) is -0.293. The summed E-state index contributed by atoms with van der Waals surface area (Å²) in [5, 5.41) is 3.77. The van der Waals surface area contributed by atoms with Gasteiger partial charge in [-0.05, 0) is 37.1 Å². The Labute approximate surface area is 168 Å². The van der Waals surface area contributed by atoms with Gasteiger partial charge < -0.3 is 5.32 Å². The predicted molar refractivity (Wildman–Crippen MR) is 113 cm³/mol. The first-order valence-corrected chi connectivity index (χ1v) is 11.8. The van der Waals surface area contributed by atoms with E-state index in [9.17, 15) is 13.2 Å². The van der Waals surface area contributed by atoms with Gasteiger partial charge in [0.2, 0.25) is 15.9 Å². The summed E-state index contributed by atoms with van der Waals surface area (Å²) >= 11 is 1.56. The molecule has 2 heterocycles. The fourth-order valence-electron chi connectivity index (χ4n) is 3.55. The van der Waals surface area contributed by atoms with Crippen molar-refractivity contribution < 1.29 is 13.2 Å². The number of rotatable bonds is 4. The molecule has 1 aliphatic rings. The molecule has 3 aromatic rings. The van der Waals surface area contributed by atoms with Gasteiger partial charge in [-0.25, -0.2) is 13.4 Å². The number of aromatic nitrogens is 1. The van der Waals surface area contributed by atoms with Crippen molar-refractivity contribution >= 4 is 43.2 Å². The highest BCUT2D eigenvalue weighted by Crippen LogP contribution is 2.34. The molecule has 1 N–H and O–H groups in total. The molecule has 0 saturated carbocycles. The van der Waals surface area contributed by atoms with Gasteiger partial charge >= 0.3 is 0 Å². The van der Waals surface area contributed by atoms with Crippen LogP contribution < -0.4 is 5.32 Å². The molecule has 2 aromatic carbocycles. The number of para-hydroxylation sites is 2. The van der Waals surface area contributed by atoms with Gasteiger partial charge in [0.1, 0.15) is 11.0 Å². The number of piperidine rings is 1. The van der Waals surface area contributed by atoms with Crippen molar-refractivity contribution in [1.82, 2.24) is 9.29 Å².